The first-order valence-electron chi connectivity index (χ1n) is 7.45. The van der Waals surface area contributed by atoms with Crippen LogP contribution in [0.5, 0.6) is 0 Å². The minimum atomic E-state index is -0.980. The van der Waals surface area contributed by atoms with E-state index in [1.807, 2.05) is 0 Å². The second-order valence-electron chi connectivity index (χ2n) is 5.67. The van der Waals surface area contributed by atoms with Gasteiger partial charge >= 0.3 is 5.97 Å². The van der Waals surface area contributed by atoms with Gasteiger partial charge < -0.3 is 9.74 Å². The summed E-state index contributed by atoms with van der Waals surface area (Å²) in [4.78, 5) is 55.3. The predicted molar refractivity (Wildman–Crippen MR) is 78.0 cm³/mol. The smallest absolute Gasteiger partial charge is 0.345 e. The molecule has 1 aromatic rings. The Balaban J connectivity index is 1.77. The molecule has 1 atom stereocenters. The van der Waals surface area contributed by atoms with Gasteiger partial charge in [0.2, 0.25) is 5.91 Å². The number of fused-ring (bicyclic) bond motifs is 1. The molecule has 0 radical (unpaired) electrons. The van der Waals surface area contributed by atoms with Gasteiger partial charge in [0.05, 0.1) is 11.1 Å². The molecule has 0 N–H and O–H groups in total. The van der Waals surface area contributed by atoms with Gasteiger partial charge in [0.25, 0.3) is 11.8 Å². The summed E-state index contributed by atoms with van der Waals surface area (Å²) in [5, 5.41) is 0.450. The van der Waals surface area contributed by atoms with Crippen LogP contribution in [0, 0.1) is 5.92 Å². The molecule has 0 saturated carbocycles. The van der Waals surface area contributed by atoms with Gasteiger partial charge in [-0.05, 0) is 25.0 Å². The number of benzene rings is 1. The number of hydrogen-bond acceptors (Lipinski definition) is 5. The van der Waals surface area contributed by atoms with Crippen molar-refractivity contribution in [3.8, 4) is 0 Å². The van der Waals surface area contributed by atoms with Crippen molar-refractivity contribution in [1.29, 1.82) is 0 Å². The summed E-state index contributed by atoms with van der Waals surface area (Å²) in [6.45, 7) is 0.579. The average molecular weight is 316 g/mol. The quantitative estimate of drug-likeness (QED) is 0.600. The number of hydroxylamine groups is 2. The van der Waals surface area contributed by atoms with Crippen LogP contribution >= 0.6 is 0 Å². The third-order valence-corrected chi connectivity index (χ3v) is 4.13. The van der Waals surface area contributed by atoms with E-state index in [2.05, 4.69) is 0 Å². The first-order chi connectivity index (χ1) is 11.0. The van der Waals surface area contributed by atoms with Crippen LogP contribution in [0.15, 0.2) is 24.3 Å². The van der Waals surface area contributed by atoms with Gasteiger partial charge in [-0.2, -0.15) is 0 Å². The number of hydrogen-bond donors (Lipinski definition) is 0. The number of carbonyl (C=O) groups is 4. The fourth-order valence-electron chi connectivity index (χ4n) is 2.82. The third-order valence-electron chi connectivity index (χ3n) is 4.13. The number of nitrogens with zero attached hydrogens (tertiary/aromatic N) is 2. The molecular formula is C16H16N2O5. The van der Waals surface area contributed by atoms with Crippen molar-refractivity contribution in [2.45, 2.75) is 19.3 Å². The molecule has 1 aromatic carbocycles. The van der Waals surface area contributed by atoms with Crippen LogP contribution in [0.1, 0.15) is 40.0 Å². The highest BCUT2D eigenvalue weighted by molar-refractivity contribution is 6.21. The molecule has 23 heavy (non-hydrogen) atoms. The summed E-state index contributed by atoms with van der Waals surface area (Å²) >= 11 is 0. The van der Waals surface area contributed by atoms with Gasteiger partial charge in [-0.25, -0.2) is 4.79 Å². The summed E-state index contributed by atoms with van der Waals surface area (Å²) in [6, 6.07) is 6.24. The molecular weight excluding hydrogens is 300 g/mol. The number of rotatable bonds is 2. The van der Waals surface area contributed by atoms with E-state index in [1.165, 1.54) is 17.0 Å². The zero-order valence-electron chi connectivity index (χ0n) is 12.7. The molecule has 120 valence electrons. The molecule has 2 aliphatic rings. The summed E-state index contributed by atoms with van der Waals surface area (Å²) in [5.41, 5.74) is 0.379. The zero-order valence-corrected chi connectivity index (χ0v) is 12.7. The maximum absolute atomic E-state index is 12.3. The first kappa shape index (κ1) is 15.2. The zero-order chi connectivity index (χ0) is 16.6. The topological polar surface area (TPSA) is 84.0 Å². The lowest BCUT2D eigenvalue weighted by Crippen LogP contribution is -2.40. The lowest BCUT2D eigenvalue weighted by Gasteiger charge is -2.20. The third kappa shape index (κ3) is 2.58. The second kappa shape index (κ2) is 5.83. The lowest BCUT2D eigenvalue weighted by molar-refractivity contribution is -0.176. The van der Waals surface area contributed by atoms with Crippen molar-refractivity contribution in [2.75, 3.05) is 13.6 Å². The fourth-order valence-corrected chi connectivity index (χ4v) is 2.82. The standard InChI is InChI=1S/C16H16N2O5/c1-17-9-5-4-8-12(13(17)19)16(22)23-18-14(20)10-6-2-3-7-11(10)15(18)21/h2-3,6-7,12H,4-5,8-9H2,1H3. The van der Waals surface area contributed by atoms with E-state index in [1.54, 1.807) is 19.2 Å². The molecule has 1 fully saturated rings. The summed E-state index contributed by atoms with van der Waals surface area (Å²) < 4.78 is 0. The Bertz CT molecular complexity index is 664. The second-order valence-corrected chi connectivity index (χ2v) is 5.67. The van der Waals surface area contributed by atoms with Crippen molar-refractivity contribution in [3.63, 3.8) is 0 Å². The van der Waals surface area contributed by atoms with Gasteiger partial charge in [-0.3, -0.25) is 14.4 Å². The molecule has 7 nitrogen and oxygen atoms in total. The highest BCUT2D eigenvalue weighted by Crippen LogP contribution is 2.25. The fraction of sp³-hybridized carbons (Fsp3) is 0.375. The monoisotopic (exact) mass is 316 g/mol. The molecule has 3 amide bonds. The maximum atomic E-state index is 12.3. The Morgan fingerprint density at radius 2 is 1.70 bits per heavy atom. The van der Waals surface area contributed by atoms with Crippen LogP contribution in [0.3, 0.4) is 0 Å². The van der Waals surface area contributed by atoms with E-state index >= 15 is 0 Å². The van der Waals surface area contributed by atoms with Crippen LogP contribution < -0.4 is 0 Å². The Hall–Kier alpha value is -2.70. The molecule has 3 rings (SSSR count). The molecule has 2 aliphatic heterocycles. The van der Waals surface area contributed by atoms with Gasteiger partial charge in [0, 0.05) is 13.6 Å². The van der Waals surface area contributed by atoms with Crippen molar-refractivity contribution >= 4 is 23.7 Å². The number of amides is 3. The van der Waals surface area contributed by atoms with E-state index in [0.29, 0.717) is 24.4 Å². The van der Waals surface area contributed by atoms with E-state index in [0.717, 1.165) is 6.42 Å². The van der Waals surface area contributed by atoms with Crippen LogP contribution in [0.2, 0.25) is 0 Å². The van der Waals surface area contributed by atoms with Crippen molar-refractivity contribution in [2.24, 2.45) is 5.92 Å². The van der Waals surface area contributed by atoms with Gasteiger partial charge in [-0.15, -0.1) is 0 Å². The van der Waals surface area contributed by atoms with Crippen molar-refractivity contribution in [3.05, 3.63) is 35.4 Å². The molecule has 7 heteroatoms. The van der Waals surface area contributed by atoms with Crippen LogP contribution in [-0.2, 0) is 14.4 Å². The number of likely N-dealkylation sites (tertiary alicyclic amines) is 1. The van der Waals surface area contributed by atoms with E-state index in [9.17, 15) is 19.2 Å². The maximum Gasteiger partial charge on any atom is 0.345 e. The highest BCUT2D eigenvalue weighted by atomic mass is 16.7. The molecule has 0 spiro atoms. The molecule has 1 saturated heterocycles. The largest absolute Gasteiger partial charge is 0.345 e. The van der Waals surface area contributed by atoms with Crippen molar-refractivity contribution < 1.29 is 24.0 Å². The van der Waals surface area contributed by atoms with Gasteiger partial charge in [-0.1, -0.05) is 23.6 Å². The van der Waals surface area contributed by atoms with Crippen LogP contribution in [0.4, 0.5) is 0 Å². The van der Waals surface area contributed by atoms with E-state index < -0.39 is 23.7 Å². The SMILES string of the molecule is CN1CCCCC(C(=O)ON2C(=O)c3ccccc3C2=O)C1=O. The van der Waals surface area contributed by atoms with Crippen LogP contribution in [0.25, 0.3) is 0 Å². The van der Waals surface area contributed by atoms with Crippen molar-refractivity contribution in [1.82, 2.24) is 9.96 Å². The lowest BCUT2D eigenvalue weighted by atomic mass is 10.0. The Morgan fingerprint density at radius 1 is 1.09 bits per heavy atom. The average Bonchev–Trinajstić information content (AvgIpc) is 2.69. The molecule has 2 heterocycles. The first-order valence-corrected chi connectivity index (χ1v) is 7.45. The number of carbonyl (C=O) groups excluding carboxylic acids is 4. The Labute approximate surface area is 132 Å². The number of imide groups is 1. The summed E-state index contributed by atoms with van der Waals surface area (Å²) in [6.07, 6.45) is 1.86. The summed E-state index contributed by atoms with van der Waals surface area (Å²) in [7, 11) is 1.62. The Kier molecular flexibility index (Phi) is 3.85. The van der Waals surface area contributed by atoms with E-state index in [4.69, 9.17) is 4.84 Å². The molecule has 1 unspecified atom stereocenters. The molecule has 0 bridgehead atoms. The molecule has 0 aromatic heterocycles. The Morgan fingerprint density at radius 3 is 2.30 bits per heavy atom. The highest BCUT2D eigenvalue weighted by Gasteiger charge is 2.41. The van der Waals surface area contributed by atoms with Gasteiger partial charge in [0.15, 0.2) is 0 Å². The summed E-state index contributed by atoms with van der Waals surface area (Å²) in [5.74, 6) is -3.56. The van der Waals surface area contributed by atoms with Crippen LogP contribution in [-0.4, -0.2) is 47.2 Å². The minimum absolute atomic E-state index is 0.189. The predicted octanol–water partition coefficient (Wildman–Crippen LogP) is 0.999. The minimum Gasteiger partial charge on any atom is -0.345 e. The van der Waals surface area contributed by atoms with Gasteiger partial charge in [0.1, 0.15) is 5.92 Å². The molecule has 0 aliphatic carbocycles. The van der Waals surface area contributed by atoms with E-state index in [-0.39, 0.29) is 17.0 Å². The normalized spacial score (nSPS) is 21.3.